The number of carbonyl (C=O) groups is 1. The molecule has 1 saturated heterocycles. The first-order valence-corrected chi connectivity index (χ1v) is 7.41. The van der Waals surface area contributed by atoms with Crippen LogP contribution in [0.4, 0.5) is 5.69 Å². The predicted octanol–water partition coefficient (Wildman–Crippen LogP) is -1.16. The maximum absolute atomic E-state index is 11.4. The number of benzene rings is 1. The summed E-state index contributed by atoms with van der Waals surface area (Å²) in [5, 5.41) is 58.7. The Labute approximate surface area is 146 Å². The van der Waals surface area contributed by atoms with Gasteiger partial charge in [0.2, 0.25) is 12.0 Å². The van der Waals surface area contributed by atoms with Crippen molar-refractivity contribution in [3.05, 3.63) is 45.7 Å². The van der Waals surface area contributed by atoms with Gasteiger partial charge in [0, 0.05) is 12.1 Å². The average molecular weight is 371 g/mol. The summed E-state index contributed by atoms with van der Waals surface area (Å²) in [6.07, 6.45) is -7.37. The fraction of sp³-hybridized carbons (Fsp3) is 0.400. The number of ether oxygens (including phenoxy) is 2. The van der Waals surface area contributed by atoms with Gasteiger partial charge in [0.15, 0.2) is 0 Å². The SMILES string of the molecule is O=C(O)C(=Cc1ccccc1[N+](=O)[O-])O[C@H]1O[C@@H](CO)[C@H](O)[C@@H](O)[C@@H]1O. The number of nitrogens with zero attached hydrogens (tertiary/aromatic N) is 1. The Morgan fingerprint density at radius 2 is 1.88 bits per heavy atom. The van der Waals surface area contributed by atoms with Gasteiger partial charge in [0.05, 0.1) is 17.1 Å². The number of carboxylic acid groups (broad SMARTS) is 1. The van der Waals surface area contributed by atoms with E-state index in [0.717, 1.165) is 6.08 Å². The second-order valence-corrected chi connectivity index (χ2v) is 5.44. The molecule has 1 aliphatic heterocycles. The molecular weight excluding hydrogens is 354 g/mol. The van der Waals surface area contributed by atoms with Crippen LogP contribution in [0.15, 0.2) is 30.0 Å². The molecule has 2 rings (SSSR count). The van der Waals surface area contributed by atoms with Gasteiger partial charge in [-0.05, 0) is 6.07 Å². The fourth-order valence-electron chi connectivity index (χ4n) is 2.35. The van der Waals surface area contributed by atoms with Crippen molar-refractivity contribution in [2.24, 2.45) is 0 Å². The van der Waals surface area contributed by atoms with Crippen molar-refractivity contribution < 1.29 is 44.7 Å². The summed E-state index contributed by atoms with van der Waals surface area (Å²) in [6.45, 7) is -0.721. The molecule has 5 atom stereocenters. The van der Waals surface area contributed by atoms with Crippen LogP contribution in [-0.2, 0) is 14.3 Å². The zero-order valence-corrected chi connectivity index (χ0v) is 13.2. The van der Waals surface area contributed by atoms with Gasteiger partial charge in [-0.15, -0.1) is 0 Å². The number of hydrogen-bond acceptors (Lipinski definition) is 9. The summed E-state index contributed by atoms with van der Waals surface area (Å²) in [5.74, 6) is -2.41. The van der Waals surface area contributed by atoms with E-state index in [0.29, 0.717) is 0 Å². The molecule has 11 nitrogen and oxygen atoms in total. The molecule has 0 radical (unpaired) electrons. The van der Waals surface area contributed by atoms with E-state index < -0.39 is 54.0 Å². The predicted molar refractivity (Wildman–Crippen MR) is 83.6 cm³/mol. The van der Waals surface area contributed by atoms with Crippen LogP contribution in [0, 0.1) is 10.1 Å². The number of carboxylic acids is 1. The van der Waals surface area contributed by atoms with E-state index in [1.165, 1.54) is 24.3 Å². The third-order valence-electron chi connectivity index (χ3n) is 3.72. The lowest BCUT2D eigenvalue weighted by Gasteiger charge is -2.39. The number of aliphatic hydroxyl groups is 4. The minimum absolute atomic E-state index is 0.0699. The fourth-order valence-corrected chi connectivity index (χ4v) is 2.35. The quantitative estimate of drug-likeness (QED) is 0.177. The van der Waals surface area contributed by atoms with E-state index in [2.05, 4.69) is 0 Å². The number of rotatable bonds is 6. The number of para-hydroxylation sites is 1. The van der Waals surface area contributed by atoms with Crippen LogP contribution in [-0.4, -0.2) is 73.7 Å². The lowest BCUT2D eigenvalue weighted by Crippen LogP contribution is -2.59. The summed E-state index contributed by atoms with van der Waals surface area (Å²) in [5.41, 5.74) is -0.442. The highest BCUT2D eigenvalue weighted by atomic mass is 16.7. The van der Waals surface area contributed by atoms with Crippen LogP contribution >= 0.6 is 0 Å². The van der Waals surface area contributed by atoms with Crippen LogP contribution in [0.25, 0.3) is 6.08 Å². The molecule has 0 unspecified atom stereocenters. The summed E-state index contributed by atoms with van der Waals surface area (Å²) in [7, 11) is 0. The van der Waals surface area contributed by atoms with Gasteiger partial charge in [-0.25, -0.2) is 4.79 Å². The van der Waals surface area contributed by atoms with Crippen molar-refractivity contribution in [1.82, 2.24) is 0 Å². The maximum atomic E-state index is 11.4. The molecule has 1 aliphatic rings. The van der Waals surface area contributed by atoms with E-state index in [1.54, 1.807) is 0 Å². The Bertz CT molecular complexity index is 703. The summed E-state index contributed by atoms with van der Waals surface area (Å²) in [4.78, 5) is 21.7. The van der Waals surface area contributed by atoms with Gasteiger partial charge < -0.3 is 35.0 Å². The summed E-state index contributed by atoms with van der Waals surface area (Å²) < 4.78 is 10.1. The standard InChI is InChI=1S/C15H17NO10/c17-6-10-11(18)12(19)13(20)15(26-10)25-9(14(21)22)5-7-3-1-2-4-8(7)16(23)24/h1-5,10-13,15,17-20H,6H2,(H,21,22)/t10-,11-,12+,13-,15-/m0/s1. The van der Waals surface area contributed by atoms with Crippen molar-refractivity contribution in [2.45, 2.75) is 30.7 Å². The molecule has 11 heteroatoms. The summed E-state index contributed by atoms with van der Waals surface area (Å²) >= 11 is 0. The Hall–Kier alpha value is -2.57. The highest BCUT2D eigenvalue weighted by molar-refractivity contribution is 5.90. The lowest BCUT2D eigenvalue weighted by atomic mass is 9.99. The first-order chi connectivity index (χ1) is 12.3. The highest BCUT2D eigenvalue weighted by Gasteiger charge is 2.45. The van der Waals surface area contributed by atoms with Gasteiger partial charge in [0.1, 0.15) is 24.4 Å². The zero-order chi connectivity index (χ0) is 19.4. The van der Waals surface area contributed by atoms with E-state index in [1.807, 2.05) is 0 Å². The normalized spacial score (nSPS) is 29.2. The largest absolute Gasteiger partial charge is 0.475 e. The van der Waals surface area contributed by atoms with E-state index in [-0.39, 0.29) is 11.3 Å². The van der Waals surface area contributed by atoms with Crippen molar-refractivity contribution in [3.63, 3.8) is 0 Å². The van der Waals surface area contributed by atoms with Crippen molar-refractivity contribution in [1.29, 1.82) is 0 Å². The zero-order valence-electron chi connectivity index (χ0n) is 13.2. The smallest absolute Gasteiger partial charge is 0.371 e. The third kappa shape index (κ3) is 4.15. The molecule has 0 bridgehead atoms. The number of hydrogen-bond donors (Lipinski definition) is 5. The van der Waals surface area contributed by atoms with Crippen molar-refractivity contribution >= 4 is 17.7 Å². The van der Waals surface area contributed by atoms with Gasteiger partial charge in [-0.2, -0.15) is 0 Å². The number of aliphatic carboxylic acids is 1. The van der Waals surface area contributed by atoms with Gasteiger partial charge in [-0.1, -0.05) is 12.1 Å². The number of aliphatic hydroxyl groups excluding tert-OH is 4. The highest BCUT2D eigenvalue weighted by Crippen LogP contribution is 2.26. The minimum atomic E-state index is -1.82. The molecule has 1 heterocycles. The average Bonchev–Trinajstić information content (AvgIpc) is 2.61. The summed E-state index contributed by atoms with van der Waals surface area (Å²) in [6, 6.07) is 5.30. The molecule has 0 spiro atoms. The molecule has 1 fully saturated rings. The number of nitro benzene ring substituents is 1. The Kier molecular flexibility index (Phi) is 6.23. The van der Waals surface area contributed by atoms with Crippen LogP contribution in [0.5, 0.6) is 0 Å². The van der Waals surface area contributed by atoms with E-state index in [4.69, 9.17) is 14.6 Å². The van der Waals surface area contributed by atoms with Gasteiger partial charge in [0.25, 0.3) is 5.69 Å². The molecule has 0 saturated carbocycles. The van der Waals surface area contributed by atoms with Gasteiger partial charge >= 0.3 is 5.97 Å². The van der Waals surface area contributed by atoms with Crippen LogP contribution in [0.2, 0.25) is 0 Å². The molecule has 0 aromatic heterocycles. The first-order valence-electron chi connectivity index (χ1n) is 7.41. The first kappa shape index (κ1) is 19.8. The molecule has 142 valence electrons. The monoisotopic (exact) mass is 371 g/mol. The number of nitro groups is 1. The van der Waals surface area contributed by atoms with E-state index >= 15 is 0 Å². The second-order valence-electron chi connectivity index (χ2n) is 5.44. The van der Waals surface area contributed by atoms with E-state index in [9.17, 15) is 35.3 Å². The lowest BCUT2D eigenvalue weighted by molar-refractivity contribution is -0.385. The molecule has 5 N–H and O–H groups in total. The molecular formula is C15H17NO10. The van der Waals surface area contributed by atoms with Gasteiger partial charge in [-0.3, -0.25) is 10.1 Å². The van der Waals surface area contributed by atoms with Crippen LogP contribution < -0.4 is 0 Å². The van der Waals surface area contributed by atoms with Crippen LogP contribution in [0.3, 0.4) is 0 Å². The Balaban J connectivity index is 2.31. The van der Waals surface area contributed by atoms with Crippen LogP contribution in [0.1, 0.15) is 5.56 Å². The molecule has 1 aromatic rings. The molecule has 1 aromatic carbocycles. The molecule has 26 heavy (non-hydrogen) atoms. The topological polar surface area (TPSA) is 180 Å². The second kappa shape index (κ2) is 8.21. The van der Waals surface area contributed by atoms with Crippen molar-refractivity contribution in [2.75, 3.05) is 6.61 Å². The minimum Gasteiger partial charge on any atom is -0.475 e. The Morgan fingerprint density at radius 3 is 2.46 bits per heavy atom. The Morgan fingerprint density at radius 1 is 1.23 bits per heavy atom. The third-order valence-corrected chi connectivity index (χ3v) is 3.72. The molecule has 0 aliphatic carbocycles. The molecule has 0 amide bonds. The van der Waals surface area contributed by atoms with Crippen molar-refractivity contribution in [3.8, 4) is 0 Å². The maximum Gasteiger partial charge on any atom is 0.371 e.